The first kappa shape index (κ1) is 22.8. The summed E-state index contributed by atoms with van der Waals surface area (Å²) in [6.07, 6.45) is 2.96. The van der Waals surface area contributed by atoms with Crippen molar-refractivity contribution < 1.29 is 18.4 Å². The van der Waals surface area contributed by atoms with E-state index in [4.69, 9.17) is 15.7 Å². The van der Waals surface area contributed by atoms with Gasteiger partial charge < -0.3 is 20.6 Å². The fourth-order valence-corrected chi connectivity index (χ4v) is 5.13. The third kappa shape index (κ3) is 5.02. The van der Waals surface area contributed by atoms with E-state index in [0.29, 0.717) is 29.2 Å². The Balaban J connectivity index is 1.75. The van der Waals surface area contributed by atoms with Crippen molar-refractivity contribution >= 4 is 27.0 Å². The molecule has 0 amide bonds. The number of oxime groups is 1. The molecule has 1 heterocycles. The Morgan fingerprint density at radius 1 is 1.00 bits per heavy atom. The second-order valence-corrected chi connectivity index (χ2v) is 10.0. The Bertz CT molecular complexity index is 1250. The molecule has 0 radical (unpaired) electrons. The van der Waals surface area contributed by atoms with Crippen LogP contribution in [-0.4, -0.2) is 45.0 Å². The number of hydrogen-bond donors (Lipinski definition) is 2. The van der Waals surface area contributed by atoms with Gasteiger partial charge in [0.05, 0.1) is 4.90 Å². The first-order valence-electron chi connectivity index (χ1n) is 10.7. The molecule has 1 aliphatic rings. The fraction of sp³-hybridized carbons (Fsp3) is 0.240. The standard InChI is InChI=1S/C25H27N3O4S/c1-33(30,31)24-8-3-2-7-23(24)18-9-11-20(12-10-18)28(21-13-15-32-16-14-21)22-6-4-5-19(17-22)25(26)27-29/h2-12,17,21,29H,13-16H2,1H3,(H2,26,27). The Kier molecular flexibility index (Phi) is 6.67. The fourth-order valence-electron chi connectivity index (χ4n) is 4.22. The van der Waals surface area contributed by atoms with Crippen molar-refractivity contribution in [2.75, 3.05) is 24.4 Å². The molecule has 4 rings (SSSR count). The van der Waals surface area contributed by atoms with Crippen LogP contribution in [0.4, 0.5) is 11.4 Å². The van der Waals surface area contributed by atoms with Crippen LogP contribution in [0.3, 0.4) is 0 Å². The van der Waals surface area contributed by atoms with Gasteiger partial charge in [-0.05, 0) is 48.7 Å². The monoisotopic (exact) mass is 465 g/mol. The first-order chi connectivity index (χ1) is 15.9. The van der Waals surface area contributed by atoms with Crippen LogP contribution in [0.25, 0.3) is 11.1 Å². The van der Waals surface area contributed by atoms with Crippen LogP contribution >= 0.6 is 0 Å². The number of nitrogens with two attached hydrogens (primary N) is 1. The third-order valence-corrected chi connectivity index (χ3v) is 6.98. The zero-order valence-corrected chi connectivity index (χ0v) is 19.2. The molecule has 1 fully saturated rings. The maximum Gasteiger partial charge on any atom is 0.176 e. The summed E-state index contributed by atoms with van der Waals surface area (Å²) in [5, 5.41) is 12.2. The predicted octanol–water partition coefficient (Wildman–Crippen LogP) is 4.17. The van der Waals surface area contributed by atoms with E-state index < -0.39 is 9.84 Å². The van der Waals surface area contributed by atoms with Crippen molar-refractivity contribution in [1.29, 1.82) is 0 Å². The Morgan fingerprint density at radius 3 is 2.36 bits per heavy atom. The first-order valence-corrected chi connectivity index (χ1v) is 12.6. The highest BCUT2D eigenvalue weighted by molar-refractivity contribution is 7.90. The maximum atomic E-state index is 12.2. The van der Waals surface area contributed by atoms with E-state index in [2.05, 4.69) is 10.1 Å². The molecule has 7 nitrogen and oxygen atoms in total. The van der Waals surface area contributed by atoms with E-state index in [1.807, 2.05) is 54.6 Å². The summed E-state index contributed by atoms with van der Waals surface area (Å²) in [6, 6.07) is 22.7. The molecule has 0 unspecified atom stereocenters. The minimum absolute atomic E-state index is 0.0523. The predicted molar refractivity (Wildman–Crippen MR) is 130 cm³/mol. The summed E-state index contributed by atoms with van der Waals surface area (Å²) in [4.78, 5) is 2.55. The SMILES string of the molecule is CS(=O)(=O)c1ccccc1-c1ccc(N(c2cccc(/C(N)=N/O)c2)C2CCOCC2)cc1. The van der Waals surface area contributed by atoms with Gasteiger partial charge in [-0.15, -0.1) is 0 Å². The van der Waals surface area contributed by atoms with Crippen LogP contribution < -0.4 is 10.6 Å². The van der Waals surface area contributed by atoms with Gasteiger partial charge >= 0.3 is 0 Å². The summed E-state index contributed by atoms with van der Waals surface area (Å²) in [6.45, 7) is 1.36. The quantitative estimate of drug-likeness (QED) is 0.245. The van der Waals surface area contributed by atoms with Gasteiger partial charge in [0.2, 0.25) is 0 Å². The second-order valence-electron chi connectivity index (χ2n) is 8.06. The average molecular weight is 466 g/mol. The molecule has 1 saturated heterocycles. The molecule has 8 heteroatoms. The van der Waals surface area contributed by atoms with Crippen LogP contribution in [-0.2, 0) is 14.6 Å². The van der Waals surface area contributed by atoms with Crippen molar-refractivity contribution in [2.24, 2.45) is 10.9 Å². The van der Waals surface area contributed by atoms with E-state index in [9.17, 15) is 8.42 Å². The highest BCUT2D eigenvalue weighted by Crippen LogP contribution is 2.35. The highest BCUT2D eigenvalue weighted by Gasteiger charge is 2.24. The van der Waals surface area contributed by atoms with Crippen molar-refractivity contribution in [3.63, 3.8) is 0 Å². The van der Waals surface area contributed by atoms with Gasteiger partial charge in [-0.1, -0.05) is 47.6 Å². The van der Waals surface area contributed by atoms with Crippen molar-refractivity contribution in [2.45, 2.75) is 23.8 Å². The van der Waals surface area contributed by atoms with Crippen LogP contribution in [0.2, 0.25) is 0 Å². The molecule has 0 atom stereocenters. The number of nitrogens with zero attached hydrogens (tertiary/aromatic N) is 2. The highest BCUT2D eigenvalue weighted by atomic mass is 32.2. The lowest BCUT2D eigenvalue weighted by Gasteiger charge is -2.36. The molecule has 3 N–H and O–H groups in total. The van der Waals surface area contributed by atoms with Crippen molar-refractivity contribution in [3.05, 3.63) is 78.4 Å². The number of rotatable bonds is 6. The molecule has 0 aliphatic carbocycles. The Labute approximate surface area is 194 Å². The Hall–Kier alpha value is -3.36. The summed E-state index contributed by atoms with van der Waals surface area (Å²) >= 11 is 0. The van der Waals surface area contributed by atoms with E-state index >= 15 is 0 Å². The normalized spacial score (nSPS) is 15.4. The summed E-state index contributed by atoms with van der Waals surface area (Å²) < 4.78 is 30.1. The molecule has 1 aliphatic heterocycles. The smallest absolute Gasteiger partial charge is 0.176 e. The molecular weight excluding hydrogens is 438 g/mol. The van der Waals surface area contributed by atoms with E-state index in [0.717, 1.165) is 29.8 Å². The minimum Gasteiger partial charge on any atom is -0.409 e. The minimum atomic E-state index is -3.35. The lowest BCUT2D eigenvalue weighted by atomic mass is 10.0. The number of sulfone groups is 1. The molecular formula is C25H27N3O4S. The molecule has 0 bridgehead atoms. The topological polar surface area (TPSA) is 105 Å². The van der Waals surface area contributed by atoms with E-state index in [1.54, 1.807) is 18.2 Å². The summed E-state index contributed by atoms with van der Waals surface area (Å²) in [5.41, 5.74) is 9.86. The molecule has 3 aromatic rings. The van der Waals surface area contributed by atoms with Gasteiger partial charge in [-0.2, -0.15) is 0 Å². The summed E-state index contributed by atoms with van der Waals surface area (Å²) in [5.74, 6) is 0.0523. The van der Waals surface area contributed by atoms with Gasteiger partial charge in [0.25, 0.3) is 0 Å². The lowest BCUT2D eigenvalue weighted by molar-refractivity contribution is 0.0865. The van der Waals surface area contributed by atoms with Crippen molar-refractivity contribution in [3.8, 4) is 11.1 Å². The zero-order valence-electron chi connectivity index (χ0n) is 18.4. The van der Waals surface area contributed by atoms with E-state index in [1.165, 1.54) is 6.26 Å². The van der Waals surface area contributed by atoms with Crippen LogP contribution in [0, 0.1) is 0 Å². The van der Waals surface area contributed by atoms with Gasteiger partial charge in [0.1, 0.15) is 0 Å². The maximum absolute atomic E-state index is 12.2. The molecule has 0 saturated carbocycles. The van der Waals surface area contributed by atoms with Crippen LogP contribution in [0.5, 0.6) is 0 Å². The van der Waals surface area contributed by atoms with Gasteiger partial charge in [0.15, 0.2) is 15.7 Å². The molecule has 172 valence electrons. The molecule has 0 spiro atoms. The number of amidine groups is 1. The zero-order chi connectivity index (χ0) is 23.4. The number of benzene rings is 3. The van der Waals surface area contributed by atoms with Crippen molar-refractivity contribution in [1.82, 2.24) is 0 Å². The molecule has 3 aromatic carbocycles. The summed E-state index contributed by atoms with van der Waals surface area (Å²) in [7, 11) is -3.35. The third-order valence-electron chi connectivity index (χ3n) is 5.83. The van der Waals surface area contributed by atoms with Gasteiger partial charge in [-0.25, -0.2) is 8.42 Å². The Morgan fingerprint density at radius 2 is 1.70 bits per heavy atom. The number of hydrogen-bond acceptors (Lipinski definition) is 6. The molecule has 33 heavy (non-hydrogen) atoms. The largest absolute Gasteiger partial charge is 0.409 e. The van der Waals surface area contributed by atoms with E-state index in [-0.39, 0.29) is 11.9 Å². The van der Waals surface area contributed by atoms with Gasteiger partial charge in [0, 0.05) is 48.0 Å². The lowest BCUT2D eigenvalue weighted by Crippen LogP contribution is -2.36. The van der Waals surface area contributed by atoms with Gasteiger partial charge in [-0.3, -0.25) is 0 Å². The molecule has 0 aromatic heterocycles. The average Bonchev–Trinajstić information content (AvgIpc) is 2.84. The number of ether oxygens (including phenoxy) is 1. The van der Waals surface area contributed by atoms with Crippen LogP contribution in [0.1, 0.15) is 18.4 Å². The number of anilines is 2. The van der Waals surface area contributed by atoms with Crippen LogP contribution in [0.15, 0.2) is 82.8 Å². The second kappa shape index (κ2) is 9.64.